The Bertz CT molecular complexity index is 588. The summed E-state index contributed by atoms with van der Waals surface area (Å²) in [5.74, 6) is 1.71. The molecular weight excluding hydrogens is 350 g/mol. The van der Waals surface area contributed by atoms with Gasteiger partial charge in [0.25, 0.3) is 0 Å². The smallest absolute Gasteiger partial charge is 0.246 e. The Morgan fingerprint density at radius 3 is 2.89 bits per heavy atom. The number of hydrogen-bond donors (Lipinski definition) is 2. The van der Waals surface area contributed by atoms with E-state index < -0.39 is 0 Å². The van der Waals surface area contributed by atoms with Crippen molar-refractivity contribution in [1.82, 2.24) is 25.7 Å². The van der Waals surface area contributed by atoms with Gasteiger partial charge in [-0.2, -0.15) is 4.98 Å². The van der Waals surface area contributed by atoms with Crippen LogP contribution in [0.4, 0.5) is 0 Å². The van der Waals surface area contributed by atoms with Crippen LogP contribution in [0.25, 0.3) is 0 Å². The molecule has 1 aliphatic heterocycles. The molecule has 1 aromatic heterocycles. The molecule has 1 unspecified atom stereocenters. The van der Waals surface area contributed by atoms with E-state index in [1.807, 2.05) is 0 Å². The zero-order valence-corrected chi connectivity index (χ0v) is 16.3. The molecule has 1 aliphatic carbocycles. The lowest BCUT2D eigenvalue weighted by Crippen LogP contribution is -2.44. The van der Waals surface area contributed by atoms with Crippen LogP contribution in [-0.4, -0.2) is 80.6 Å². The predicted molar refractivity (Wildman–Crippen MR) is 98.4 cm³/mol. The van der Waals surface area contributed by atoms with Gasteiger partial charge in [0, 0.05) is 38.7 Å². The third-order valence-corrected chi connectivity index (χ3v) is 5.37. The van der Waals surface area contributed by atoms with E-state index in [4.69, 9.17) is 14.0 Å². The molecular formula is C18H31N5O4. The Morgan fingerprint density at radius 1 is 1.33 bits per heavy atom. The van der Waals surface area contributed by atoms with Crippen molar-refractivity contribution in [3.8, 4) is 0 Å². The molecule has 1 saturated heterocycles. The first kappa shape index (κ1) is 20.2. The summed E-state index contributed by atoms with van der Waals surface area (Å²) in [5.41, 5.74) is 0. The number of rotatable bonds is 8. The lowest BCUT2D eigenvalue weighted by molar-refractivity contribution is -0.127. The highest BCUT2D eigenvalue weighted by atomic mass is 16.5. The second-order valence-corrected chi connectivity index (χ2v) is 7.35. The van der Waals surface area contributed by atoms with Gasteiger partial charge in [-0.05, 0) is 32.7 Å². The standard InChI is InChI=1S/C18H31N5O4/c1-23-8-7-19-11-15(23)17-21-18(27-22-17)13-3-5-14(6-4-13)20-16(24)12-26-10-9-25-2/h13-15,19H,3-12H2,1-2H3,(H,20,24). The number of nitrogens with one attached hydrogen (secondary N) is 2. The number of aromatic nitrogens is 2. The van der Waals surface area contributed by atoms with Crippen molar-refractivity contribution in [3.05, 3.63) is 11.7 Å². The van der Waals surface area contributed by atoms with Crippen molar-refractivity contribution in [2.75, 3.05) is 53.6 Å². The maximum absolute atomic E-state index is 11.9. The highest BCUT2D eigenvalue weighted by Crippen LogP contribution is 2.32. The maximum Gasteiger partial charge on any atom is 0.246 e. The summed E-state index contributed by atoms with van der Waals surface area (Å²) in [4.78, 5) is 18.8. The van der Waals surface area contributed by atoms with E-state index in [1.165, 1.54) is 0 Å². The number of carbonyl (C=O) groups is 1. The average molecular weight is 381 g/mol. The minimum Gasteiger partial charge on any atom is -0.382 e. The molecule has 2 aliphatic rings. The summed E-state index contributed by atoms with van der Waals surface area (Å²) in [6.45, 7) is 3.83. The number of likely N-dealkylation sites (N-methyl/N-ethyl adjacent to an activating group) is 1. The fourth-order valence-electron chi connectivity index (χ4n) is 3.70. The van der Waals surface area contributed by atoms with Crippen molar-refractivity contribution >= 4 is 5.91 Å². The Balaban J connectivity index is 1.42. The lowest BCUT2D eigenvalue weighted by atomic mass is 9.86. The first-order chi connectivity index (χ1) is 13.2. The molecule has 0 aromatic carbocycles. The van der Waals surface area contributed by atoms with Crippen LogP contribution < -0.4 is 10.6 Å². The van der Waals surface area contributed by atoms with Gasteiger partial charge in [-0.15, -0.1) is 0 Å². The molecule has 152 valence electrons. The number of methoxy groups -OCH3 is 1. The van der Waals surface area contributed by atoms with Crippen molar-refractivity contribution in [3.63, 3.8) is 0 Å². The normalized spacial score (nSPS) is 26.8. The molecule has 1 atom stereocenters. The van der Waals surface area contributed by atoms with Gasteiger partial charge in [0.05, 0.1) is 19.3 Å². The second kappa shape index (κ2) is 10.1. The number of amides is 1. The van der Waals surface area contributed by atoms with E-state index in [-0.39, 0.29) is 30.5 Å². The minimum atomic E-state index is -0.0672. The first-order valence-corrected chi connectivity index (χ1v) is 9.78. The molecule has 9 heteroatoms. The molecule has 27 heavy (non-hydrogen) atoms. The Hall–Kier alpha value is -1.55. The van der Waals surface area contributed by atoms with E-state index in [0.717, 1.165) is 57.0 Å². The summed E-state index contributed by atoms with van der Waals surface area (Å²) in [6.07, 6.45) is 3.71. The monoisotopic (exact) mass is 381 g/mol. The number of nitrogens with zero attached hydrogens (tertiary/aromatic N) is 3. The van der Waals surface area contributed by atoms with E-state index in [1.54, 1.807) is 7.11 Å². The van der Waals surface area contributed by atoms with Gasteiger partial charge >= 0.3 is 0 Å². The van der Waals surface area contributed by atoms with Crippen LogP contribution >= 0.6 is 0 Å². The fourth-order valence-corrected chi connectivity index (χ4v) is 3.70. The maximum atomic E-state index is 11.9. The van der Waals surface area contributed by atoms with Gasteiger partial charge in [0.2, 0.25) is 11.8 Å². The highest BCUT2D eigenvalue weighted by molar-refractivity contribution is 5.77. The van der Waals surface area contributed by atoms with Crippen LogP contribution in [0.3, 0.4) is 0 Å². The molecule has 9 nitrogen and oxygen atoms in total. The predicted octanol–water partition coefficient (Wildman–Crippen LogP) is 0.451. The van der Waals surface area contributed by atoms with Gasteiger partial charge in [-0.1, -0.05) is 5.16 Å². The SMILES string of the molecule is COCCOCC(=O)NC1CCC(c2nc(C3CNCCN3C)no2)CC1. The van der Waals surface area contributed by atoms with E-state index in [9.17, 15) is 4.79 Å². The van der Waals surface area contributed by atoms with Gasteiger partial charge in [0.15, 0.2) is 5.82 Å². The van der Waals surface area contributed by atoms with Crippen LogP contribution in [0.5, 0.6) is 0 Å². The average Bonchev–Trinajstić information content (AvgIpc) is 3.16. The third-order valence-electron chi connectivity index (χ3n) is 5.37. The fraction of sp³-hybridized carbons (Fsp3) is 0.833. The molecule has 3 rings (SSSR count). The lowest BCUT2D eigenvalue weighted by Gasteiger charge is -2.30. The van der Waals surface area contributed by atoms with E-state index >= 15 is 0 Å². The molecule has 1 aromatic rings. The van der Waals surface area contributed by atoms with Crippen LogP contribution in [-0.2, 0) is 14.3 Å². The summed E-state index contributed by atoms with van der Waals surface area (Å²) >= 11 is 0. The van der Waals surface area contributed by atoms with Crippen molar-refractivity contribution in [2.24, 2.45) is 0 Å². The number of hydrogen-bond acceptors (Lipinski definition) is 8. The molecule has 0 radical (unpaired) electrons. The molecule has 0 bridgehead atoms. The molecule has 2 fully saturated rings. The van der Waals surface area contributed by atoms with Gasteiger partial charge < -0.3 is 24.6 Å². The van der Waals surface area contributed by atoms with Crippen molar-refractivity contribution in [2.45, 2.75) is 43.7 Å². The van der Waals surface area contributed by atoms with Crippen LogP contribution in [0.2, 0.25) is 0 Å². The summed E-state index contributed by atoms with van der Waals surface area (Å²) in [5, 5.41) is 10.6. The zero-order chi connectivity index (χ0) is 19.1. The molecule has 2 N–H and O–H groups in total. The number of carbonyl (C=O) groups excluding carboxylic acids is 1. The largest absolute Gasteiger partial charge is 0.382 e. The van der Waals surface area contributed by atoms with Gasteiger partial charge in [0.1, 0.15) is 6.61 Å². The summed E-state index contributed by atoms with van der Waals surface area (Å²) in [6, 6.07) is 0.362. The molecule has 2 heterocycles. The number of ether oxygens (including phenoxy) is 2. The van der Waals surface area contributed by atoms with Crippen molar-refractivity contribution in [1.29, 1.82) is 0 Å². The molecule has 1 amide bonds. The topological polar surface area (TPSA) is 102 Å². The quantitative estimate of drug-likeness (QED) is 0.626. The highest BCUT2D eigenvalue weighted by Gasteiger charge is 2.30. The van der Waals surface area contributed by atoms with Crippen LogP contribution in [0.1, 0.15) is 49.4 Å². The first-order valence-electron chi connectivity index (χ1n) is 9.78. The Labute approximate surface area is 160 Å². The van der Waals surface area contributed by atoms with E-state index in [2.05, 4.69) is 32.7 Å². The second-order valence-electron chi connectivity index (χ2n) is 7.35. The zero-order valence-electron chi connectivity index (χ0n) is 16.3. The molecule has 0 spiro atoms. The molecule has 1 saturated carbocycles. The van der Waals surface area contributed by atoms with E-state index in [0.29, 0.717) is 13.2 Å². The van der Waals surface area contributed by atoms with Crippen molar-refractivity contribution < 1.29 is 18.8 Å². The van der Waals surface area contributed by atoms with Gasteiger partial charge in [-0.25, -0.2) is 0 Å². The van der Waals surface area contributed by atoms with Gasteiger partial charge in [-0.3, -0.25) is 9.69 Å². The van der Waals surface area contributed by atoms with Crippen LogP contribution in [0, 0.1) is 0 Å². The summed E-state index contributed by atoms with van der Waals surface area (Å²) in [7, 11) is 3.70. The van der Waals surface area contributed by atoms with Crippen LogP contribution in [0.15, 0.2) is 4.52 Å². The Morgan fingerprint density at radius 2 is 2.15 bits per heavy atom. The number of piperazine rings is 1. The Kier molecular flexibility index (Phi) is 7.57. The minimum absolute atomic E-state index is 0.0672. The third kappa shape index (κ3) is 5.71. The summed E-state index contributed by atoms with van der Waals surface area (Å²) < 4.78 is 15.7.